The predicted molar refractivity (Wildman–Crippen MR) is 74.2 cm³/mol. The second-order valence-electron chi connectivity index (χ2n) is 4.52. The zero-order chi connectivity index (χ0) is 14.7. The van der Waals surface area contributed by atoms with E-state index in [1.54, 1.807) is 7.05 Å². The Morgan fingerprint density at radius 3 is 2.80 bits per heavy atom. The van der Waals surface area contributed by atoms with Crippen molar-refractivity contribution in [2.24, 2.45) is 5.92 Å². The maximum Gasteiger partial charge on any atom is 0.337 e. The Hall–Kier alpha value is -1.63. The van der Waals surface area contributed by atoms with E-state index in [0.29, 0.717) is 18.2 Å². The molecule has 3 N–H and O–H groups in total. The van der Waals surface area contributed by atoms with E-state index in [1.807, 2.05) is 0 Å². The van der Waals surface area contributed by atoms with Crippen LogP contribution in [0, 0.1) is 5.92 Å². The van der Waals surface area contributed by atoms with Gasteiger partial charge < -0.3 is 20.5 Å². The first-order valence-electron chi connectivity index (χ1n) is 6.11. The molecule has 0 aromatic heterocycles. The second-order valence-corrected chi connectivity index (χ2v) is 4.96. The van der Waals surface area contributed by atoms with Crippen molar-refractivity contribution < 1.29 is 19.4 Å². The molecule has 0 saturated carbocycles. The minimum atomic E-state index is -1.14. The van der Waals surface area contributed by atoms with Crippen LogP contribution in [0.1, 0.15) is 10.4 Å². The lowest BCUT2D eigenvalue weighted by atomic mass is 10.0. The highest BCUT2D eigenvalue weighted by atomic mass is 35.5. The van der Waals surface area contributed by atoms with Crippen molar-refractivity contribution in [3.63, 3.8) is 0 Å². The van der Waals surface area contributed by atoms with Crippen LogP contribution in [0.4, 0.5) is 5.69 Å². The van der Waals surface area contributed by atoms with E-state index in [4.69, 9.17) is 21.4 Å². The number of likely N-dealkylation sites (N-methyl/N-ethyl adjacent to an activating group) is 1. The maximum absolute atomic E-state index is 12.2. The summed E-state index contributed by atoms with van der Waals surface area (Å²) in [5.74, 6) is -1.76. The topological polar surface area (TPSA) is 87.7 Å². The Morgan fingerprint density at radius 1 is 1.40 bits per heavy atom. The van der Waals surface area contributed by atoms with E-state index in [9.17, 15) is 9.59 Å². The average Bonchev–Trinajstić information content (AvgIpc) is 2.89. The Bertz CT molecular complexity index is 535. The molecule has 2 rings (SSSR count). The number of nitrogens with one attached hydrogen (secondary N) is 2. The molecule has 6 nitrogen and oxygen atoms in total. The molecule has 1 saturated heterocycles. The van der Waals surface area contributed by atoms with Gasteiger partial charge in [0.15, 0.2) is 0 Å². The smallest absolute Gasteiger partial charge is 0.337 e. The minimum absolute atomic E-state index is 0.0363. The van der Waals surface area contributed by atoms with Crippen molar-refractivity contribution in [3.8, 4) is 0 Å². The molecule has 0 spiro atoms. The van der Waals surface area contributed by atoms with Gasteiger partial charge in [0.2, 0.25) is 5.91 Å². The van der Waals surface area contributed by atoms with Gasteiger partial charge in [0.05, 0.1) is 30.4 Å². The van der Waals surface area contributed by atoms with Crippen molar-refractivity contribution >= 4 is 29.2 Å². The van der Waals surface area contributed by atoms with Gasteiger partial charge >= 0.3 is 5.97 Å². The van der Waals surface area contributed by atoms with E-state index in [1.165, 1.54) is 18.2 Å². The molecular weight excluding hydrogens is 284 g/mol. The van der Waals surface area contributed by atoms with Crippen LogP contribution in [0.2, 0.25) is 5.02 Å². The predicted octanol–water partition coefficient (Wildman–Crippen LogP) is 1.21. The molecule has 1 aliphatic heterocycles. The fourth-order valence-corrected chi connectivity index (χ4v) is 2.30. The molecule has 0 radical (unpaired) electrons. The van der Waals surface area contributed by atoms with Crippen LogP contribution in [-0.4, -0.2) is 43.3 Å². The fourth-order valence-electron chi connectivity index (χ4n) is 2.13. The molecule has 1 fully saturated rings. The van der Waals surface area contributed by atoms with Crippen molar-refractivity contribution in [1.82, 2.24) is 5.32 Å². The Labute approximate surface area is 121 Å². The lowest BCUT2D eigenvalue weighted by Gasteiger charge is -2.17. The summed E-state index contributed by atoms with van der Waals surface area (Å²) in [6.45, 7) is 0.772. The number of ether oxygens (including phenoxy) is 1. The number of hydrogen-bond acceptors (Lipinski definition) is 4. The summed E-state index contributed by atoms with van der Waals surface area (Å²) in [6.07, 6.45) is 0. The third-order valence-electron chi connectivity index (χ3n) is 3.26. The van der Waals surface area contributed by atoms with Crippen LogP contribution in [0.15, 0.2) is 18.2 Å². The summed E-state index contributed by atoms with van der Waals surface area (Å²) < 4.78 is 5.26. The van der Waals surface area contributed by atoms with Gasteiger partial charge in [-0.3, -0.25) is 4.79 Å². The zero-order valence-electron chi connectivity index (χ0n) is 10.9. The molecule has 0 bridgehead atoms. The number of aromatic carboxylic acids is 1. The lowest BCUT2D eigenvalue weighted by Crippen LogP contribution is -2.39. The molecule has 1 heterocycles. The van der Waals surface area contributed by atoms with Crippen LogP contribution >= 0.6 is 11.6 Å². The molecule has 7 heteroatoms. The summed E-state index contributed by atoms with van der Waals surface area (Å²) in [4.78, 5) is 23.3. The first-order chi connectivity index (χ1) is 9.52. The number of anilines is 1. The molecule has 1 aliphatic rings. The first kappa shape index (κ1) is 14.8. The van der Waals surface area contributed by atoms with E-state index < -0.39 is 5.97 Å². The monoisotopic (exact) mass is 298 g/mol. The molecule has 2 unspecified atom stereocenters. The Morgan fingerprint density at radius 2 is 2.15 bits per heavy atom. The van der Waals surface area contributed by atoms with Crippen LogP contribution in [0.25, 0.3) is 0 Å². The van der Waals surface area contributed by atoms with E-state index in [0.717, 1.165) is 0 Å². The fraction of sp³-hybridized carbons (Fsp3) is 0.385. The van der Waals surface area contributed by atoms with Gasteiger partial charge in [0, 0.05) is 11.1 Å². The van der Waals surface area contributed by atoms with Crippen LogP contribution in [-0.2, 0) is 9.53 Å². The number of amides is 1. The van der Waals surface area contributed by atoms with Gasteiger partial charge in [0.25, 0.3) is 0 Å². The van der Waals surface area contributed by atoms with Gasteiger partial charge in [-0.05, 0) is 25.2 Å². The van der Waals surface area contributed by atoms with E-state index in [-0.39, 0.29) is 29.1 Å². The number of carbonyl (C=O) groups is 2. The molecule has 1 aromatic rings. The van der Waals surface area contributed by atoms with Crippen molar-refractivity contribution in [1.29, 1.82) is 0 Å². The summed E-state index contributed by atoms with van der Waals surface area (Å²) in [5.41, 5.74) is 0.194. The van der Waals surface area contributed by atoms with Crippen molar-refractivity contribution in [2.75, 3.05) is 25.6 Å². The maximum atomic E-state index is 12.2. The molecule has 1 aromatic carbocycles. The Kier molecular flexibility index (Phi) is 4.59. The van der Waals surface area contributed by atoms with Crippen LogP contribution < -0.4 is 10.6 Å². The number of halogens is 1. The highest BCUT2D eigenvalue weighted by Crippen LogP contribution is 2.23. The summed E-state index contributed by atoms with van der Waals surface area (Å²) in [5, 5.41) is 15.1. The molecule has 1 amide bonds. The molecular formula is C13H15ClN2O4. The summed E-state index contributed by atoms with van der Waals surface area (Å²) in [7, 11) is 1.75. The van der Waals surface area contributed by atoms with Gasteiger partial charge in [-0.25, -0.2) is 4.79 Å². The zero-order valence-corrected chi connectivity index (χ0v) is 11.6. The molecule has 20 heavy (non-hydrogen) atoms. The standard InChI is InChI=1S/C13H15ClN2O4/c1-15-11-6-20-5-9(11)12(17)16-10-3-2-7(14)4-8(10)13(18)19/h2-4,9,11,15H,5-6H2,1H3,(H,16,17)(H,18,19). The minimum Gasteiger partial charge on any atom is -0.478 e. The van der Waals surface area contributed by atoms with Crippen molar-refractivity contribution in [3.05, 3.63) is 28.8 Å². The van der Waals surface area contributed by atoms with Crippen LogP contribution in [0.3, 0.4) is 0 Å². The number of carboxylic acids is 1. The number of rotatable bonds is 4. The van der Waals surface area contributed by atoms with Gasteiger partial charge in [-0.2, -0.15) is 0 Å². The van der Waals surface area contributed by atoms with E-state index >= 15 is 0 Å². The normalized spacial score (nSPS) is 21.7. The molecule has 108 valence electrons. The number of benzene rings is 1. The SMILES string of the molecule is CNC1COCC1C(=O)Nc1ccc(Cl)cc1C(=O)O. The molecule has 0 aliphatic carbocycles. The number of hydrogen-bond donors (Lipinski definition) is 3. The number of carbonyl (C=O) groups excluding carboxylic acids is 1. The first-order valence-corrected chi connectivity index (χ1v) is 6.49. The van der Waals surface area contributed by atoms with Gasteiger partial charge in [-0.15, -0.1) is 0 Å². The lowest BCUT2D eigenvalue weighted by molar-refractivity contribution is -0.120. The van der Waals surface area contributed by atoms with Crippen molar-refractivity contribution in [2.45, 2.75) is 6.04 Å². The third kappa shape index (κ3) is 3.09. The Balaban J connectivity index is 2.17. The third-order valence-corrected chi connectivity index (χ3v) is 3.49. The average molecular weight is 299 g/mol. The largest absolute Gasteiger partial charge is 0.478 e. The highest BCUT2D eigenvalue weighted by molar-refractivity contribution is 6.31. The van der Waals surface area contributed by atoms with Gasteiger partial charge in [0.1, 0.15) is 0 Å². The van der Waals surface area contributed by atoms with Crippen LogP contribution in [0.5, 0.6) is 0 Å². The van der Waals surface area contributed by atoms with Gasteiger partial charge in [-0.1, -0.05) is 11.6 Å². The summed E-state index contributed by atoms with van der Waals surface area (Å²) in [6, 6.07) is 4.24. The highest BCUT2D eigenvalue weighted by Gasteiger charge is 2.33. The quantitative estimate of drug-likeness (QED) is 0.778. The molecule has 2 atom stereocenters. The number of carboxylic acid groups (broad SMARTS) is 1. The van der Waals surface area contributed by atoms with E-state index in [2.05, 4.69) is 10.6 Å². The second kappa shape index (κ2) is 6.21. The summed E-state index contributed by atoms with van der Waals surface area (Å²) >= 11 is 5.76.